The molecular weight excluding hydrogens is 382 g/mol. The van der Waals surface area contributed by atoms with Gasteiger partial charge in [-0.25, -0.2) is 0 Å². The number of rotatable bonds is 5. The number of phenolic OH excluding ortho intramolecular Hbond substituents is 1. The van der Waals surface area contributed by atoms with Crippen LogP contribution in [0.15, 0.2) is 23.2 Å². The van der Waals surface area contributed by atoms with E-state index >= 15 is 0 Å². The average Bonchev–Trinajstić information content (AvgIpc) is 3.06. The molecule has 2 saturated heterocycles. The fourth-order valence-corrected chi connectivity index (χ4v) is 4.07. The lowest BCUT2D eigenvalue weighted by atomic mass is 10.2. The lowest BCUT2D eigenvalue weighted by Gasteiger charge is -2.37. The first-order chi connectivity index (χ1) is 14.6. The molecule has 2 aliphatic heterocycles. The predicted octanol–water partition coefficient (Wildman–Crippen LogP) is 1.50. The average molecular weight is 418 g/mol. The zero-order chi connectivity index (χ0) is 21.3. The summed E-state index contributed by atoms with van der Waals surface area (Å²) < 4.78 is 5.24. The number of nitrogens with one attached hydrogen (secondary N) is 1. The number of carbonyl (C=O) groups excluding carboxylic acids is 1. The molecular formula is C22H35N5O3. The normalized spacial score (nSPS) is 18.8. The third kappa shape index (κ3) is 6.01. The highest BCUT2D eigenvalue weighted by Gasteiger charge is 2.23. The number of guanidine groups is 1. The van der Waals surface area contributed by atoms with Gasteiger partial charge >= 0.3 is 0 Å². The zero-order valence-electron chi connectivity index (χ0n) is 18.3. The maximum atomic E-state index is 12.6. The molecule has 0 bridgehead atoms. The Kier molecular flexibility index (Phi) is 8.19. The minimum absolute atomic E-state index is 0.232. The largest absolute Gasteiger partial charge is 0.508 e. The number of methoxy groups -OCH3 is 1. The van der Waals surface area contributed by atoms with Crippen LogP contribution in [0.3, 0.4) is 0 Å². The van der Waals surface area contributed by atoms with E-state index < -0.39 is 0 Å². The molecule has 0 saturated carbocycles. The molecule has 8 nitrogen and oxygen atoms in total. The summed E-state index contributed by atoms with van der Waals surface area (Å²) in [4.78, 5) is 23.5. The number of benzene rings is 1. The van der Waals surface area contributed by atoms with Gasteiger partial charge in [-0.3, -0.25) is 14.7 Å². The van der Waals surface area contributed by atoms with Gasteiger partial charge in [0.2, 0.25) is 5.91 Å². The number of nitrogens with zero attached hydrogens (tertiary/aromatic N) is 4. The Morgan fingerprint density at radius 2 is 1.77 bits per heavy atom. The molecule has 2 fully saturated rings. The number of amides is 1. The highest BCUT2D eigenvalue weighted by molar-refractivity contribution is 5.80. The summed E-state index contributed by atoms with van der Waals surface area (Å²) in [6.07, 6.45) is 4.74. The second kappa shape index (κ2) is 11.1. The number of aliphatic imine (C=N–C) groups is 1. The van der Waals surface area contributed by atoms with E-state index in [0.29, 0.717) is 18.8 Å². The Morgan fingerprint density at radius 3 is 2.40 bits per heavy atom. The minimum atomic E-state index is 0.232. The number of carbonyl (C=O) groups is 1. The van der Waals surface area contributed by atoms with Crippen LogP contribution in [0.5, 0.6) is 11.5 Å². The topological polar surface area (TPSA) is 80.6 Å². The van der Waals surface area contributed by atoms with E-state index in [9.17, 15) is 9.90 Å². The number of piperazine rings is 1. The van der Waals surface area contributed by atoms with Crippen molar-refractivity contribution < 1.29 is 14.6 Å². The molecule has 1 amide bonds. The molecule has 1 aromatic rings. The van der Waals surface area contributed by atoms with Crippen molar-refractivity contribution in [1.29, 1.82) is 0 Å². The van der Waals surface area contributed by atoms with Crippen LogP contribution in [0.4, 0.5) is 0 Å². The van der Waals surface area contributed by atoms with Crippen LogP contribution >= 0.6 is 0 Å². The van der Waals surface area contributed by atoms with Crippen LogP contribution in [0.2, 0.25) is 0 Å². The van der Waals surface area contributed by atoms with E-state index in [2.05, 4.69) is 20.1 Å². The Bertz CT molecular complexity index is 723. The van der Waals surface area contributed by atoms with Gasteiger partial charge < -0.3 is 25.0 Å². The number of hydrogen-bond acceptors (Lipinski definition) is 5. The van der Waals surface area contributed by atoms with Crippen LogP contribution in [-0.2, 0) is 11.3 Å². The Balaban J connectivity index is 1.46. The van der Waals surface area contributed by atoms with Crippen LogP contribution < -0.4 is 10.1 Å². The monoisotopic (exact) mass is 417 g/mol. The maximum Gasteiger partial charge on any atom is 0.236 e. The van der Waals surface area contributed by atoms with E-state index in [1.807, 2.05) is 11.0 Å². The van der Waals surface area contributed by atoms with Crippen molar-refractivity contribution in [3.63, 3.8) is 0 Å². The molecule has 0 aliphatic carbocycles. The number of hydrogen-bond donors (Lipinski definition) is 2. The molecule has 2 heterocycles. The van der Waals surface area contributed by atoms with E-state index in [1.54, 1.807) is 26.3 Å². The molecule has 30 heavy (non-hydrogen) atoms. The first-order valence-electron chi connectivity index (χ1n) is 10.9. The molecule has 2 N–H and O–H groups in total. The van der Waals surface area contributed by atoms with Gasteiger partial charge in [0.25, 0.3) is 0 Å². The van der Waals surface area contributed by atoms with Crippen LogP contribution in [-0.4, -0.2) is 91.6 Å². The summed E-state index contributed by atoms with van der Waals surface area (Å²) in [6, 6.07) is 5.19. The summed E-state index contributed by atoms with van der Waals surface area (Å²) in [5.41, 5.74) is 0.761. The van der Waals surface area contributed by atoms with Gasteiger partial charge in [-0.05, 0) is 31.0 Å². The van der Waals surface area contributed by atoms with Crippen molar-refractivity contribution in [1.82, 2.24) is 20.0 Å². The van der Waals surface area contributed by atoms with Crippen molar-refractivity contribution in [3.05, 3.63) is 23.8 Å². The molecule has 8 heteroatoms. The van der Waals surface area contributed by atoms with Gasteiger partial charge in [0.15, 0.2) is 5.96 Å². The maximum absolute atomic E-state index is 12.6. The molecule has 3 rings (SSSR count). The fourth-order valence-electron chi connectivity index (χ4n) is 4.07. The third-order valence-electron chi connectivity index (χ3n) is 5.92. The smallest absolute Gasteiger partial charge is 0.236 e. The number of aromatic hydroxyl groups is 1. The summed E-state index contributed by atoms with van der Waals surface area (Å²) in [5.74, 6) is 2.01. The van der Waals surface area contributed by atoms with Crippen molar-refractivity contribution in [2.75, 3.05) is 60.0 Å². The molecule has 166 valence electrons. The quantitative estimate of drug-likeness (QED) is 0.558. The Morgan fingerprint density at radius 1 is 1.07 bits per heavy atom. The highest BCUT2D eigenvalue weighted by Crippen LogP contribution is 2.22. The lowest BCUT2D eigenvalue weighted by Crippen LogP contribution is -2.54. The second-order valence-corrected chi connectivity index (χ2v) is 7.95. The van der Waals surface area contributed by atoms with Gasteiger partial charge in [-0.1, -0.05) is 12.8 Å². The Labute approximate surface area is 179 Å². The molecule has 2 aliphatic rings. The third-order valence-corrected chi connectivity index (χ3v) is 5.92. The van der Waals surface area contributed by atoms with Crippen LogP contribution in [0.1, 0.15) is 31.2 Å². The second-order valence-electron chi connectivity index (χ2n) is 7.95. The molecule has 0 unspecified atom stereocenters. The summed E-state index contributed by atoms with van der Waals surface area (Å²) in [5, 5.41) is 13.4. The van der Waals surface area contributed by atoms with Crippen LogP contribution in [0.25, 0.3) is 0 Å². The van der Waals surface area contributed by atoms with Gasteiger partial charge in [0.05, 0.1) is 13.7 Å². The molecule has 0 atom stereocenters. The van der Waals surface area contributed by atoms with Crippen molar-refractivity contribution in [2.24, 2.45) is 4.99 Å². The van der Waals surface area contributed by atoms with Gasteiger partial charge in [0.1, 0.15) is 11.5 Å². The fraction of sp³-hybridized carbons (Fsp3) is 0.636. The number of ether oxygens (including phenoxy) is 1. The summed E-state index contributed by atoms with van der Waals surface area (Å²) in [6.45, 7) is 6.10. The molecule has 1 aromatic carbocycles. The van der Waals surface area contributed by atoms with Crippen LogP contribution in [0, 0.1) is 0 Å². The molecule has 0 aromatic heterocycles. The van der Waals surface area contributed by atoms with Crippen molar-refractivity contribution >= 4 is 11.9 Å². The predicted molar refractivity (Wildman–Crippen MR) is 118 cm³/mol. The molecule has 0 spiro atoms. The zero-order valence-corrected chi connectivity index (χ0v) is 18.3. The van der Waals surface area contributed by atoms with E-state index in [4.69, 9.17) is 4.74 Å². The SMILES string of the molecule is CN=C(NCc1cc(OC)ccc1O)N1CCN(CC(=O)N2CCCCCC2)CC1. The minimum Gasteiger partial charge on any atom is -0.508 e. The lowest BCUT2D eigenvalue weighted by molar-refractivity contribution is -0.132. The van der Waals surface area contributed by atoms with Gasteiger partial charge in [0, 0.05) is 58.4 Å². The van der Waals surface area contributed by atoms with Gasteiger partial charge in [-0.2, -0.15) is 0 Å². The molecule has 0 radical (unpaired) electrons. The van der Waals surface area contributed by atoms with Gasteiger partial charge in [-0.15, -0.1) is 0 Å². The number of phenols is 1. The van der Waals surface area contributed by atoms with E-state index in [0.717, 1.165) is 63.6 Å². The highest BCUT2D eigenvalue weighted by atomic mass is 16.5. The summed E-state index contributed by atoms with van der Waals surface area (Å²) >= 11 is 0. The first-order valence-corrected chi connectivity index (χ1v) is 10.9. The first kappa shape index (κ1) is 22.2. The van der Waals surface area contributed by atoms with Crippen molar-refractivity contribution in [2.45, 2.75) is 32.2 Å². The van der Waals surface area contributed by atoms with E-state index in [-0.39, 0.29) is 11.7 Å². The standard InChI is InChI=1S/C22H35N5O3/c1-23-22(24-16-18-15-19(30-2)7-8-20(18)28)27-13-11-25(12-14-27)17-21(29)26-9-5-3-4-6-10-26/h7-8,15,28H,3-6,9-14,16-17H2,1-2H3,(H,23,24). The van der Waals surface area contributed by atoms with Crippen molar-refractivity contribution in [3.8, 4) is 11.5 Å². The Hall–Kier alpha value is -2.48. The summed E-state index contributed by atoms with van der Waals surface area (Å²) in [7, 11) is 3.38. The van der Waals surface area contributed by atoms with E-state index in [1.165, 1.54) is 12.8 Å². The number of likely N-dealkylation sites (tertiary alicyclic amines) is 1.